The predicted octanol–water partition coefficient (Wildman–Crippen LogP) is 3.64. The Kier molecular flexibility index (Phi) is 6.49. The van der Waals surface area contributed by atoms with Gasteiger partial charge < -0.3 is 19.5 Å². The van der Waals surface area contributed by atoms with E-state index in [1.165, 1.54) is 19.2 Å². The van der Waals surface area contributed by atoms with Crippen LogP contribution in [0.1, 0.15) is 12.5 Å². The van der Waals surface area contributed by atoms with Crippen LogP contribution >= 0.6 is 11.6 Å². The van der Waals surface area contributed by atoms with E-state index < -0.39 is 0 Å². The van der Waals surface area contributed by atoms with Gasteiger partial charge in [0.2, 0.25) is 0 Å². The molecule has 130 valence electrons. The second-order valence-corrected chi connectivity index (χ2v) is 5.30. The maximum atomic E-state index is 12.0. The number of methoxy groups -OCH3 is 1. The van der Waals surface area contributed by atoms with Gasteiger partial charge in [0.05, 0.1) is 30.4 Å². The van der Waals surface area contributed by atoms with Gasteiger partial charge in [0.1, 0.15) is 5.75 Å². The zero-order valence-corrected chi connectivity index (χ0v) is 14.6. The van der Waals surface area contributed by atoms with Crippen LogP contribution in [0.4, 0.5) is 5.69 Å². The molecule has 2 aromatic carbocycles. The molecule has 7 heteroatoms. The van der Waals surface area contributed by atoms with Crippen molar-refractivity contribution in [1.82, 2.24) is 0 Å². The Balaban J connectivity index is 1.99. The number of halogens is 1. The Hall–Kier alpha value is -2.91. The van der Waals surface area contributed by atoms with E-state index in [1.54, 1.807) is 24.3 Å². The molecule has 0 saturated heterocycles. The Bertz CT molecular complexity index is 785. The van der Waals surface area contributed by atoms with Crippen molar-refractivity contribution in [2.24, 2.45) is 0 Å². The highest BCUT2D eigenvalue weighted by Gasteiger charge is 2.14. The van der Waals surface area contributed by atoms with Crippen molar-refractivity contribution >= 4 is 23.2 Å². The molecular formula is C18H17ClN2O4. The molecule has 0 radical (unpaired) electrons. The molecule has 25 heavy (non-hydrogen) atoms. The van der Waals surface area contributed by atoms with Gasteiger partial charge in [0.15, 0.2) is 18.1 Å². The third-order valence-corrected chi connectivity index (χ3v) is 3.44. The van der Waals surface area contributed by atoms with Gasteiger partial charge in [-0.15, -0.1) is 0 Å². The molecule has 6 nitrogen and oxygen atoms in total. The first kappa shape index (κ1) is 18.4. The second-order valence-electron chi connectivity index (χ2n) is 4.90. The molecule has 2 aromatic rings. The third-order valence-electron chi connectivity index (χ3n) is 3.16. The number of rotatable bonds is 7. The number of hydrogen-bond acceptors (Lipinski definition) is 5. The third kappa shape index (κ3) is 5.03. The number of carbonyl (C=O) groups is 1. The molecular weight excluding hydrogens is 344 g/mol. The first-order valence-corrected chi connectivity index (χ1v) is 7.88. The lowest BCUT2D eigenvalue weighted by atomic mass is 10.2. The van der Waals surface area contributed by atoms with E-state index in [4.69, 9.17) is 31.1 Å². The molecule has 0 aromatic heterocycles. The standard InChI is InChI=1S/C18H17ClN2O4/c1-3-24-14-6-4-13(5-7-14)21-17(22)11-25-18-15(19)8-12(10-20)9-16(18)23-2/h4-9H,3,11H2,1-2H3,(H,21,22). The molecule has 0 bridgehead atoms. The molecule has 0 aliphatic rings. The summed E-state index contributed by atoms with van der Waals surface area (Å²) in [6.07, 6.45) is 0. The van der Waals surface area contributed by atoms with Crippen LogP contribution in [0.15, 0.2) is 36.4 Å². The Morgan fingerprint density at radius 3 is 2.56 bits per heavy atom. The zero-order valence-electron chi connectivity index (χ0n) is 13.8. The van der Waals surface area contributed by atoms with E-state index in [9.17, 15) is 4.79 Å². The fourth-order valence-electron chi connectivity index (χ4n) is 2.06. The number of nitrogens with one attached hydrogen (secondary N) is 1. The summed E-state index contributed by atoms with van der Waals surface area (Å²) in [4.78, 5) is 12.0. The van der Waals surface area contributed by atoms with E-state index in [0.717, 1.165) is 5.75 Å². The van der Waals surface area contributed by atoms with E-state index in [0.29, 0.717) is 17.9 Å². The molecule has 2 rings (SSSR count). The van der Waals surface area contributed by atoms with E-state index >= 15 is 0 Å². The number of carbonyl (C=O) groups excluding carboxylic acids is 1. The first-order valence-electron chi connectivity index (χ1n) is 7.50. The van der Waals surface area contributed by atoms with Gasteiger partial charge in [-0.3, -0.25) is 4.79 Å². The molecule has 0 saturated carbocycles. The molecule has 0 unspecified atom stereocenters. The van der Waals surface area contributed by atoms with Gasteiger partial charge >= 0.3 is 0 Å². The van der Waals surface area contributed by atoms with Crippen LogP contribution in [-0.2, 0) is 4.79 Å². The van der Waals surface area contributed by atoms with Crippen LogP contribution in [-0.4, -0.2) is 26.2 Å². The summed E-state index contributed by atoms with van der Waals surface area (Å²) < 4.78 is 15.9. The molecule has 0 heterocycles. The summed E-state index contributed by atoms with van der Waals surface area (Å²) in [5, 5.41) is 11.8. The fraction of sp³-hybridized carbons (Fsp3) is 0.222. The summed E-state index contributed by atoms with van der Waals surface area (Å²) in [5.41, 5.74) is 0.961. The monoisotopic (exact) mass is 360 g/mol. The van der Waals surface area contributed by atoms with Gasteiger partial charge in [-0.2, -0.15) is 5.26 Å². The van der Waals surface area contributed by atoms with Crippen LogP contribution < -0.4 is 19.5 Å². The summed E-state index contributed by atoms with van der Waals surface area (Å²) in [7, 11) is 1.43. The lowest BCUT2D eigenvalue weighted by molar-refractivity contribution is -0.118. The molecule has 0 atom stereocenters. The summed E-state index contributed by atoms with van der Waals surface area (Å²) in [5.74, 6) is 0.875. The molecule has 0 aliphatic carbocycles. The number of ether oxygens (including phenoxy) is 3. The van der Waals surface area contributed by atoms with Crippen molar-refractivity contribution in [3.8, 4) is 23.3 Å². The van der Waals surface area contributed by atoms with Crippen LogP contribution in [0.5, 0.6) is 17.2 Å². The van der Waals surface area contributed by atoms with Gasteiger partial charge in [0, 0.05) is 11.8 Å². The number of benzene rings is 2. The molecule has 0 aliphatic heterocycles. The zero-order chi connectivity index (χ0) is 18.2. The van der Waals surface area contributed by atoms with Crippen LogP contribution in [0.3, 0.4) is 0 Å². The molecule has 0 fully saturated rings. The normalized spacial score (nSPS) is 9.84. The van der Waals surface area contributed by atoms with Crippen molar-refractivity contribution in [3.05, 3.63) is 47.0 Å². The predicted molar refractivity (Wildman–Crippen MR) is 94.5 cm³/mol. The smallest absolute Gasteiger partial charge is 0.262 e. The lowest BCUT2D eigenvalue weighted by Gasteiger charge is -2.13. The second kappa shape index (κ2) is 8.81. The number of nitriles is 1. The van der Waals surface area contributed by atoms with Gasteiger partial charge in [-0.1, -0.05) is 11.6 Å². The number of nitrogens with zero attached hydrogens (tertiary/aromatic N) is 1. The number of anilines is 1. The summed E-state index contributed by atoms with van der Waals surface area (Å²) in [6.45, 7) is 2.22. The minimum absolute atomic E-state index is 0.199. The van der Waals surface area contributed by atoms with Crippen molar-refractivity contribution in [2.75, 3.05) is 25.6 Å². The highest BCUT2D eigenvalue weighted by Crippen LogP contribution is 2.36. The molecule has 1 amide bonds. The number of amides is 1. The quantitative estimate of drug-likeness (QED) is 0.815. The van der Waals surface area contributed by atoms with Gasteiger partial charge in [-0.05, 0) is 37.3 Å². The first-order chi connectivity index (χ1) is 12.1. The van der Waals surface area contributed by atoms with Crippen molar-refractivity contribution in [2.45, 2.75) is 6.92 Å². The summed E-state index contributed by atoms with van der Waals surface area (Å²) in [6, 6.07) is 11.9. The highest BCUT2D eigenvalue weighted by molar-refractivity contribution is 6.32. The molecule has 0 spiro atoms. The van der Waals surface area contributed by atoms with Crippen LogP contribution in [0, 0.1) is 11.3 Å². The number of hydrogen-bond donors (Lipinski definition) is 1. The van der Waals surface area contributed by atoms with Crippen LogP contribution in [0.2, 0.25) is 5.02 Å². The Morgan fingerprint density at radius 1 is 1.24 bits per heavy atom. The maximum Gasteiger partial charge on any atom is 0.262 e. The fourth-order valence-corrected chi connectivity index (χ4v) is 2.33. The van der Waals surface area contributed by atoms with E-state index in [2.05, 4.69) is 5.32 Å². The highest BCUT2D eigenvalue weighted by atomic mass is 35.5. The van der Waals surface area contributed by atoms with E-state index in [-0.39, 0.29) is 29.0 Å². The largest absolute Gasteiger partial charge is 0.494 e. The average Bonchev–Trinajstić information content (AvgIpc) is 2.61. The topological polar surface area (TPSA) is 80.6 Å². The summed E-state index contributed by atoms with van der Waals surface area (Å²) >= 11 is 6.08. The Morgan fingerprint density at radius 2 is 1.96 bits per heavy atom. The van der Waals surface area contributed by atoms with Crippen molar-refractivity contribution in [1.29, 1.82) is 5.26 Å². The van der Waals surface area contributed by atoms with E-state index in [1.807, 2.05) is 13.0 Å². The minimum Gasteiger partial charge on any atom is -0.494 e. The van der Waals surface area contributed by atoms with Crippen molar-refractivity contribution < 1.29 is 19.0 Å². The van der Waals surface area contributed by atoms with Crippen LogP contribution in [0.25, 0.3) is 0 Å². The molecule has 1 N–H and O–H groups in total. The van der Waals surface area contributed by atoms with Gasteiger partial charge in [0.25, 0.3) is 5.91 Å². The maximum absolute atomic E-state index is 12.0. The van der Waals surface area contributed by atoms with Gasteiger partial charge in [-0.25, -0.2) is 0 Å². The lowest BCUT2D eigenvalue weighted by Crippen LogP contribution is -2.20. The van der Waals surface area contributed by atoms with Crippen molar-refractivity contribution in [3.63, 3.8) is 0 Å². The average molecular weight is 361 g/mol. The minimum atomic E-state index is -0.355. The Labute approximate surface area is 150 Å². The SMILES string of the molecule is CCOc1ccc(NC(=O)COc2c(Cl)cc(C#N)cc2OC)cc1.